The van der Waals surface area contributed by atoms with E-state index >= 15 is 0 Å². The molecule has 0 saturated carbocycles. The molecule has 0 aliphatic heterocycles. The molecular weight excluding hydrogens is 668 g/mol. The molecule has 52 heavy (non-hydrogen) atoms. The minimum atomic E-state index is -1.18. The fourth-order valence-electron chi connectivity index (χ4n) is 5.44. The zero-order valence-corrected chi connectivity index (χ0v) is 32.9. The molecule has 0 bridgehead atoms. The monoisotopic (exact) mass is 732 g/mol. The van der Waals surface area contributed by atoms with Gasteiger partial charge in [0.1, 0.15) is 29.8 Å². The number of carbonyl (C=O) groups excluding carboxylic acids is 5. The maximum Gasteiger partial charge on any atom is 0.408 e. The molecule has 14 nitrogen and oxygen atoms in total. The van der Waals surface area contributed by atoms with Crippen LogP contribution in [0.2, 0.25) is 0 Å². The van der Waals surface area contributed by atoms with Gasteiger partial charge in [-0.2, -0.15) is 0 Å². The van der Waals surface area contributed by atoms with E-state index < -0.39 is 77.5 Å². The highest BCUT2D eigenvalue weighted by molar-refractivity contribution is 5.92. The smallest absolute Gasteiger partial charge is 0.408 e. The van der Waals surface area contributed by atoms with Crippen LogP contribution in [0.4, 0.5) is 4.79 Å². The number of nitrogens with two attached hydrogens (primary N) is 1. The molecule has 0 fully saturated rings. The lowest BCUT2D eigenvalue weighted by atomic mass is 9.94. The summed E-state index contributed by atoms with van der Waals surface area (Å²) in [6, 6.07) is 3.46. The molecule has 8 N–H and O–H groups in total. The van der Waals surface area contributed by atoms with Crippen molar-refractivity contribution in [3.05, 3.63) is 35.9 Å². The number of benzene rings is 1. The van der Waals surface area contributed by atoms with Gasteiger partial charge in [-0.25, -0.2) is 9.59 Å². The molecule has 1 aromatic rings. The molecule has 1 rings (SSSR count). The Morgan fingerprint density at radius 2 is 1.29 bits per heavy atom. The normalized spacial score (nSPS) is 15.8. The summed E-state index contributed by atoms with van der Waals surface area (Å²) in [5.74, 6) is -4.43. The van der Waals surface area contributed by atoms with Crippen LogP contribution in [0.3, 0.4) is 0 Å². The second-order valence-corrected chi connectivity index (χ2v) is 15.7. The number of rotatable bonds is 20. The van der Waals surface area contributed by atoms with Crippen LogP contribution < -0.4 is 32.3 Å². The van der Waals surface area contributed by atoms with Gasteiger partial charge in [-0.15, -0.1) is 0 Å². The second kappa shape index (κ2) is 21.4. The summed E-state index contributed by atoms with van der Waals surface area (Å²) in [6.07, 6.45) is 0.0858. The van der Waals surface area contributed by atoms with Crippen molar-refractivity contribution in [1.29, 1.82) is 0 Å². The number of carbonyl (C=O) groups is 6. The number of carboxylic acid groups (broad SMARTS) is 1. The van der Waals surface area contributed by atoms with Crippen LogP contribution in [-0.2, 0) is 35.1 Å². The highest BCUT2D eigenvalue weighted by Crippen LogP contribution is 2.15. The molecule has 0 heterocycles. The molecular formula is C38H64N6O8. The minimum absolute atomic E-state index is 0.0381. The number of nitrogens with one attached hydrogen (secondary N) is 5. The van der Waals surface area contributed by atoms with Crippen molar-refractivity contribution < 1.29 is 38.6 Å². The maximum absolute atomic E-state index is 13.9. The SMILES string of the molecule is CC[C@H](C)[C@H](NC(=O)CC(N)C(Cc1ccccc1)NC(=O)[C@@H](NC(=O)[C@H](CC(C)C)NC(=O)OC(C)(C)C)C(C)C)C(=O)N[C@H](C(=O)O)C(C)C. The number of hydrogen-bond donors (Lipinski definition) is 7. The summed E-state index contributed by atoms with van der Waals surface area (Å²) < 4.78 is 5.36. The zero-order chi connectivity index (χ0) is 39.9. The molecule has 1 aromatic carbocycles. The van der Waals surface area contributed by atoms with E-state index in [1.54, 1.807) is 55.4 Å². The van der Waals surface area contributed by atoms with Crippen LogP contribution in [-0.4, -0.2) is 82.6 Å². The first kappa shape index (κ1) is 45.8. The van der Waals surface area contributed by atoms with Gasteiger partial charge in [0, 0.05) is 18.5 Å². The second-order valence-electron chi connectivity index (χ2n) is 15.7. The van der Waals surface area contributed by atoms with Crippen LogP contribution >= 0.6 is 0 Å². The molecule has 5 amide bonds. The third-order valence-electron chi connectivity index (χ3n) is 8.57. The van der Waals surface area contributed by atoms with Crippen LogP contribution in [0.1, 0.15) is 101 Å². The molecule has 0 saturated heterocycles. The van der Waals surface area contributed by atoms with Crippen molar-refractivity contribution in [2.24, 2.45) is 29.4 Å². The molecule has 0 aliphatic carbocycles. The lowest BCUT2D eigenvalue weighted by molar-refractivity contribution is -0.143. The Morgan fingerprint density at radius 1 is 0.750 bits per heavy atom. The first-order chi connectivity index (χ1) is 24.1. The third-order valence-corrected chi connectivity index (χ3v) is 8.57. The Morgan fingerprint density at radius 3 is 1.77 bits per heavy atom. The van der Waals surface area contributed by atoms with Gasteiger partial charge in [-0.3, -0.25) is 19.2 Å². The quantitative estimate of drug-likeness (QED) is 0.105. The van der Waals surface area contributed by atoms with Crippen molar-refractivity contribution >= 4 is 35.7 Å². The standard InChI is InChI=1S/C38H64N6O8/c1-12-24(8)32(35(48)44-31(23(6)7)36(49)50)42-29(45)20-26(39)27(19-25-16-14-13-15-17-25)40-34(47)30(22(4)5)43-33(46)28(18-21(2)3)41-37(51)52-38(9,10)11/h13-17,21-24,26-28,30-32H,12,18-20,39H2,1-11H3,(H,40,47)(H,41,51)(H,42,45)(H,43,46)(H,44,48)(H,49,50)/t24-,26?,27?,28-,30-,31-,32-/m0/s1. The minimum Gasteiger partial charge on any atom is -0.480 e. The third kappa shape index (κ3) is 16.4. The highest BCUT2D eigenvalue weighted by Gasteiger charge is 2.35. The van der Waals surface area contributed by atoms with E-state index in [1.807, 2.05) is 51.1 Å². The van der Waals surface area contributed by atoms with E-state index in [0.717, 1.165) is 5.56 Å². The van der Waals surface area contributed by atoms with Gasteiger partial charge < -0.3 is 42.2 Å². The van der Waals surface area contributed by atoms with E-state index in [4.69, 9.17) is 10.5 Å². The topological polar surface area (TPSA) is 218 Å². The summed E-state index contributed by atoms with van der Waals surface area (Å²) in [5, 5.41) is 23.2. The van der Waals surface area contributed by atoms with Crippen molar-refractivity contribution in [1.82, 2.24) is 26.6 Å². The molecule has 294 valence electrons. The average Bonchev–Trinajstić information content (AvgIpc) is 3.02. The Balaban J connectivity index is 3.25. The summed E-state index contributed by atoms with van der Waals surface area (Å²) >= 11 is 0. The molecule has 14 heteroatoms. The number of carboxylic acids is 1. The van der Waals surface area contributed by atoms with Gasteiger partial charge >= 0.3 is 12.1 Å². The summed E-state index contributed by atoms with van der Waals surface area (Å²) in [5.41, 5.74) is 6.69. The van der Waals surface area contributed by atoms with Gasteiger partial charge in [0.15, 0.2) is 0 Å². The van der Waals surface area contributed by atoms with E-state index in [1.165, 1.54) is 0 Å². The van der Waals surface area contributed by atoms with Crippen molar-refractivity contribution in [3.63, 3.8) is 0 Å². The van der Waals surface area contributed by atoms with E-state index in [0.29, 0.717) is 12.8 Å². The fourth-order valence-corrected chi connectivity index (χ4v) is 5.44. The first-order valence-corrected chi connectivity index (χ1v) is 18.3. The van der Waals surface area contributed by atoms with Crippen molar-refractivity contribution in [2.75, 3.05) is 0 Å². The molecule has 0 spiro atoms. The zero-order valence-electron chi connectivity index (χ0n) is 32.9. The highest BCUT2D eigenvalue weighted by atomic mass is 16.6. The van der Waals surface area contributed by atoms with E-state index in [9.17, 15) is 33.9 Å². The van der Waals surface area contributed by atoms with Gasteiger partial charge in [0.05, 0.1) is 0 Å². The number of hydrogen-bond acceptors (Lipinski definition) is 8. The summed E-state index contributed by atoms with van der Waals surface area (Å²) in [4.78, 5) is 78.3. The molecule has 2 unspecified atom stereocenters. The summed E-state index contributed by atoms with van der Waals surface area (Å²) in [7, 11) is 0. The molecule has 0 aliphatic rings. The Kier molecular flexibility index (Phi) is 18.8. The number of amides is 5. The predicted octanol–water partition coefficient (Wildman–Crippen LogP) is 3.27. The van der Waals surface area contributed by atoms with Crippen LogP contribution in [0.15, 0.2) is 30.3 Å². The van der Waals surface area contributed by atoms with Gasteiger partial charge in [-0.1, -0.05) is 92.1 Å². The fraction of sp³-hybridized carbons (Fsp3) is 0.684. The van der Waals surface area contributed by atoms with Gasteiger partial charge in [0.25, 0.3) is 0 Å². The lowest BCUT2D eigenvalue weighted by Crippen LogP contribution is -2.60. The van der Waals surface area contributed by atoms with Crippen molar-refractivity contribution in [3.8, 4) is 0 Å². The molecule has 0 radical (unpaired) electrons. The summed E-state index contributed by atoms with van der Waals surface area (Å²) in [6.45, 7) is 19.5. The Hall–Kier alpha value is -4.20. The predicted molar refractivity (Wildman–Crippen MR) is 200 cm³/mol. The first-order valence-electron chi connectivity index (χ1n) is 18.3. The van der Waals surface area contributed by atoms with E-state index in [2.05, 4.69) is 26.6 Å². The van der Waals surface area contributed by atoms with Crippen LogP contribution in [0, 0.1) is 23.7 Å². The molecule has 0 aromatic heterocycles. The Bertz CT molecular complexity index is 1330. The Labute approximate surface area is 309 Å². The largest absolute Gasteiger partial charge is 0.480 e. The maximum atomic E-state index is 13.9. The van der Waals surface area contributed by atoms with E-state index in [-0.39, 0.29) is 36.5 Å². The van der Waals surface area contributed by atoms with Gasteiger partial charge in [-0.05, 0) is 62.8 Å². The molecule has 7 atom stereocenters. The average molecular weight is 733 g/mol. The van der Waals surface area contributed by atoms with Crippen LogP contribution in [0.5, 0.6) is 0 Å². The number of alkyl carbamates (subject to hydrolysis) is 1. The van der Waals surface area contributed by atoms with Gasteiger partial charge in [0.2, 0.25) is 23.6 Å². The number of ether oxygens (including phenoxy) is 1. The lowest BCUT2D eigenvalue weighted by Gasteiger charge is -2.31. The van der Waals surface area contributed by atoms with Crippen LogP contribution in [0.25, 0.3) is 0 Å². The number of aliphatic carboxylic acids is 1. The van der Waals surface area contributed by atoms with Crippen molar-refractivity contribution in [2.45, 2.75) is 144 Å².